The van der Waals surface area contributed by atoms with E-state index >= 15 is 0 Å². The molecule has 0 amide bonds. The number of rotatable bonds is 5. The molecule has 0 bridgehead atoms. The van der Waals surface area contributed by atoms with Crippen LogP contribution in [0.15, 0.2) is 47.6 Å². The SMILES string of the molecule is O=[N+]([O-])c1ccc(O)c(/C=N/NCc2ccc(Cl)cc2)c1. The van der Waals surface area contributed by atoms with Gasteiger partial charge in [-0.1, -0.05) is 23.7 Å². The summed E-state index contributed by atoms with van der Waals surface area (Å²) in [5.74, 6) is -0.0716. The van der Waals surface area contributed by atoms with Gasteiger partial charge in [0.05, 0.1) is 17.7 Å². The second-order valence-corrected chi connectivity index (χ2v) is 4.66. The molecule has 0 saturated carbocycles. The van der Waals surface area contributed by atoms with Gasteiger partial charge >= 0.3 is 0 Å². The highest BCUT2D eigenvalue weighted by Crippen LogP contribution is 2.21. The fourth-order valence-corrected chi connectivity index (χ4v) is 1.74. The van der Waals surface area contributed by atoms with Crippen LogP contribution >= 0.6 is 11.6 Å². The summed E-state index contributed by atoms with van der Waals surface area (Å²) >= 11 is 5.78. The maximum Gasteiger partial charge on any atom is 0.270 e. The number of phenols is 1. The highest BCUT2D eigenvalue weighted by atomic mass is 35.5. The standard InChI is InChI=1S/C14H12ClN3O3/c15-12-3-1-10(2-4-12)8-16-17-9-11-7-13(18(20)21)5-6-14(11)19/h1-7,9,16,19H,8H2/b17-9+. The maximum atomic E-state index is 10.7. The smallest absolute Gasteiger partial charge is 0.270 e. The lowest BCUT2D eigenvalue weighted by Gasteiger charge is -2.02. The van der Waals surface area contributed by atoms with Gasteiger partial charge in [0, 0.05) is 22.7 Å². The second kappa shape index (κ2) is 6.71. The Labute approximate surface area is 125 Å². The van der Waals surface area contributed by atoms with E-state index in [1.807, 2.05) is 12.1 Å². The first-order chi connectivity index (χ1) is 10.1. The maximum absolute atomic E-state index is 10.7. The molecule has 7 heteroatoms. The molecule has 0 unspecified atom stereocenters. The molecule has 108 valence electrons. The van der Waals surface area contributed by atoms with E-state index in [9.17, 15) is 15.2 Å². The Morgan fingerprint density at radius 1 is 1.29 bits per heavy atom. The van der Waals surface area contributed by atoms with E-state index in [1.165, 1.54) is 24.4 Å². The van der Waals surface area contributed by atoms with Crippen molar-refractivity contribution in [3.05, 3.63) is 68.7 Å². The van der Waals surface area contributed by atoms with Crippen LogP contribution in [0.4, 0.5) is 5.69 Å². The van der Waals surface area contributed by atoms with Crippen LogP contribution in [0.5, 0.6) is 5.75 Å². The summed E-state index contributed by atoms with van der Waals surface area (Å²) < 4.78 is 0. The lowest BCUT2D eigenvalue weighted by atomic mass is 10.2. The van der Waals surface area contributed by atoms with E-state index in [-0.39, 0.29) is 17.0 Å². The van der Waals surface area contributed by atoms with Crippen LogP contribution < -0.4 is 5.43 Å². The van der Waals surface area contributed by atoms with Crippen molar-refractivity contribution in [2.24, 2.45) is 5.10 Å². The summed E-state index contributed by atoms with van der Waals surface area (Å²) in [6, 6.07) is 11.0. The van der Waals surface area contributed by atoms with Crippen molar-refractivity contribution in [2.75, 3.05) is 0 Å². The predicted molar refractivity (Wildman–Crippen MR) is 80.6 cm³/mol. The number of non-ortho nitro benzene ring substituents is 1. The number of nitrogens with zero attached hydrogens (tertiary/aromatic N) is 2. The molecule has 0 saturated heterocycles. The second-order valence-electron chi connectivity index (χ2n) is 4.22. The molecular weight excluding hydrogens is 294 g/mol. The number of nitro benzene ring substituents is 1. The van der Waals surface area contributed by atoms with Gasteiger partial charge in [-0.3, -0.25) is 10.1 Å². The van der Waals surface area contributed by atoms with Crippen molar-refractivity contribution in [1.82, 2.24) is 5.43 Å². The molecule has 21 heavy (non-hydrogen) atoms. The molecule has 0 aliphatic carbocycles. The number of nitro groups is 1. The summed E-state index contributed by atoms with van der Waals surface area (Å²) in [6.07, 6.45) is 1.33. The zero-order valence-corrected chi connectivity index (χ0v) is 11.6. The van der Waals surface area contributed by atoms with Crippen LogP contribution in [0.2, 0.25) is 5.02 Å². The minimum absolute atomic E-state index is 0.0716. The van der Waals surface area contributed by atoms with Gasteiger partial charge in [-0.2, -0.15) is 5.10 Å². The van der Waals surface area contributed by atoms with Crippen molar-refractivity contribution in [1.29, 1.82) is 0 Å². The van der Waals surface area contributed by atoms with Crippen molar-refractivity contribution >= 4 is 23.5 Å². The molecular formula is C14H12ClN3O3. The molecule has 2 N–H and O–H groups in total. The van der Waals surface area contributed by atoms with Gasteiger partial charge < -0.3 is 10.5 Å². The monoisotopic (exact) mass is 305 g/mol. The van der Waals surface area contributed by atoms with Crippen molar-refractivity contribution in [3.63, 3.8) is 0 Å². The largest absolute Gasteiger partial charge is 0.507 e. The predicted octanol–water partition coefficient (Wildman–Crippen LogP) is 3.08. The van der Waals surface area contributed by atoms with E-state index in [0.29, 0.717) is 11.6 Å². The molecule has 0 aliphatic heterocycles. The Morgan fingerprint density at radius 2 is 2.00 bits per heavy atom. The summed E-state index contributed by atoms with van der Waals surface area (Å²) in [4.78, 5) is 10.1. The third kappa shape index (κ3) is 4.19. The Kier molecular flexibility index (Phi) is 4.73. The average Bonchev–Trinajstić information content (AvgIpc) is 2.47. The van der Waals surface area contributed by atoms with Crippen LogP contribution in [-0.2, 0) is 6.54 Å². The van der Waals surface area contributed by atoms with E-state index in [1.54, 1.807) is 12.1 Å². The fraction of sp³-hybridized carbons (Fsp3) is 0.0714. The Bertz CT molecular complexity index is 672. The third-order valence-electron chi connectivity index (χ3n) is 2.71. The number of phenolic OH excluding ortho intramolecular Hbond substituents is 1. The van der Waals surface area contributed by atoms with Crippen LogP contribution in [0.25, 0.3) is 0 Å². The minimum atomic E-state index is -0.530. The van der Waals surface area contributed by atoms with Gasteiger partial charge in [0.1, 0.15) is 5.75 Å². The van der Waals surface area contributed by atoms with Gasteiger partial charge in [0.25, 0.3) is 5.69 Å². The van der Waals surface area contributed by atoms with Crippen molar-refractivity contribution in [3.8, 4) is 5.75 Å². The van der Waals surface area contributed by atoms with Gasteiger partial charge in [0.15, 0.2) is 0 Å². The van der Waals surface area contributed by atoms with E-state index in [4.69, 9.17) is 11.6 Å². The lowest BCUT2D eigenvalue weighted by molar-refractivity contribution is -0.384. The molecule has 0 aromatic heterocycles. The van der Waals surface area contributed by atoms with Crippen molar-refractivity contribution < 1.29 is 10.0 Å². The zero-order chi connectivity index (χ0) is 15.2. The summed E-state index contributed by atoms with van der Waals surface area (Å²) in [6.45, 7) is 0.476. The van der Waals surface area contributed by atoms with Crippen LogP contribution in [0, 0.1) is 10.1 Å². The third-order valence-corrected chi connectivity index (χ3v) is 2.97. The first kappa shape index (κ1) is 14.8. The molecule has 6 nitrogen and oxygen atoms in total. The van der Waals surface area contributed by atoms with E-state index in [0.717, 1.165) is 5.56 Å². The summed E-state index contributed by atoms with van der Waals surface area (Å²) in [7, 11) is 0. The highest BCUT2D eigenvalue weighted by molar-refractivity contribution is 6.30. The number of benzene rings is 2. The molecule has 2 rings (SSSR count). The Balaban J connectivity index is 1.99. The van der Waals surface area contributed by atoms with Gasteiger partial charge in [-0.05, 0) is 23.8 Å². The quantitative estimate of drug-likeness (QED) is 0.505. The van der Waals surface area contributed by atoms with Crippen LogP contribution in [0.3, 0.4) is 0 Å². The number of hydrogen-bond acceptors (Lipinski definition) is 5. The van der Waals surface area contributed by atoms with Gasteiger partial charge in [0.2, 0.25) is 0 Å². The first-order valence-electron chi connectivity index (χ1n) is 6.04. The normalized spacial score (nSPS) is 10.7. The minimum Gasteiger partial charge on any atom is -0.507 e. The first-order valence-corrected chi connectivity index (χ1v) is 6.42. The van der Waals surface area contributed by atoms with E-state index < -0.39 is 4.92 Å². The Hall–Kier alpha value is -2.60. The molecule has 0 atom stereocenters. The molecule has 0 radical (unpaired) electrons. The van der Waals surface area contributed by atoms with Gasteiger partial charge in [-0.15, -0.1) is 0 Å². The molecule has 0 fully saturated rings. The number of hydrogen-bond donors (Lipinski definition) is 2. The molecule has 0 spiro atoms. The average molecular weight is 306 g/mol. The van der Waals surface area contributed by atoms with Gasteiger partial charge in [-0.25, -0.2) is 0 Å². The molecule has 2 aromatic carbocycles. The van der Waals surface area contributed by atoms with Crippen LogP contribution in [-0.4, -0.2) is 16.2 Å². The zero-order valence-electron chi connectivity index (χ0n) is 10.9. The van der Waals surface area contributed by atoms with Crippen molar-refractivity contribution in [2.45, 2.75) is 6.54 Å². The molecule has 2 aromatic rings. The molecule has 0 aliphatic rings. The Morgan fingerprint density at radius 3 is 2.67 bits per heavy atom. The fourth-order valence-electron chi connectivity index (χ4n) is 1.61. The lowest BCUT2D eigenvalue weighted by Crippen LogP contribution is -2.05. The topological polar surface area (TPSA) is 87.8 Å². The summed E-state index contributed by atoms with van der Waals surface area (Å²) in [5.41, 5.74) is 3.94. The molecule has 0 heterocycles. The number of nitrogens with one attached hydrogen (secondary N) is 1. The number of halogens is 1. The van der Waals surface area contributed by atoms with E-state index in [2.05, 4.69) is 10.5 Å². The number of aromatic hydroxyl groups is 1. The van der Waals surface area contributed by atoms with Crippen LogP contribution in [0.1, 0.15) is 11.1 Å². The number of hydrazone groups is 1. The summed E-state index contributed by atoms with van der Waals surface area (Å²) in [5, 5.41) is 24.9. The highest BCUT2D eigenvalue weighted by Gasteiger charge is 2.08.